The average Bonchev–Trinajstić information content (AvgIpc) is 2.38. The van der Waals surface area contributed by atoms with Gasteiger partial charge in [-0.2, -0.15) is 0 Å². The normalized spacial score (nSPS) is 10.1. The molecule has 0 bridgehead atoms. The van der Waals surface area contributed by atoms with Gasteiger partial charge in [-0.05, 0) is 32.9 Å². The molecule has 0 spiro atoms. The van der Waals surface area contributed by atoms with Crippen molar-refractivity contribution in [2.24, 2.45) is 0 Å². The molecular formula is C17H18O2Pr2-2. The van der Waals surface area contributed by atoms with Gasteiger partial charge in [0.15, 0.2) is 0 Å². The van der Waals surface area contributed by atoms with Crippen LogP contribution in [-0.2, 0) is 0 Å². The first-order valence-corrected chi connectivity index (χ1v) is 6.25. The number of benzene rings is 2. The van der Waals surface area contributed by atoms with E-state index >= 15 is 0 Å². The number of ether oxygens (including phenoxy) is 2. The summed E-state index contributed by atoms with van der Waals surface area (Å²) in [6, 6.07) is 17.7. The molecule has 4 heteroatoms. The molecule has 0 fully saturated rings. The summed E-state index contributed by atoms with van der Waals surface area (Å²) < 4.78 is 11.3. The summed E-state index contributed by atoms with van der Waals surface area (Å²) in [4.78, 5) is 0. The molecule has 21 heavy (non-hydrogen) atoms. The van der Waals surface area contributed by atoms with E-state index in [1.165, 1.54) is 0 Å². The Morgan fingerprint density at radius 3 is 2.14 bits per heavy atom. The maximum absolute atomic E-state index is 5.88. The summed E-state index contributed by atoms with van der Waals surface area (Å²) in [6.07, 6.45) is 0. The van der Waals surface area contributed by atoms with Gasteiger partial charge in [-0.1, -0.05) is 6.07 Å². The van der Waals surface area contributed by atoms with Crippen molar-refractivity contribution in [1.29, 1.82) is 0 Å². The van der Waals surface area contributed by atoms with Crippen LogP contribution in [0.2, 0.25) is 0 Å². The van der Waals surface area contributed by atoms with Gasteiger partial charge in [0.1, 0.15) is 11.4 Å². The van der Waals surface area contributed by atoms with E-state index in [0.29, 0.717) is 0 Å². The molecule has 2 radical (unpaired) electrons. The minimum absolute atomic E-state index is 0. The molecule has 0 heterocycles. The molecule has 0 saturated carbocycles. The third-order valence-corrected chi connectivity index (χ3v) is 2.51. The summed E-state index contributed by atoms with van der Waals surface area (Å²) in [5.74, 6) is 1.61. The van der Waals surface area contributed by atoms with Crippen LogP contribution in [0.5, 0.6) is 11.5 Å². The van der Waals surface area contributed by atoms with Gasteiger partial charge >= 0.3 is 0 Å². The van der Waals surface area contributed by atoms with E-state index in [0.717, 1.165) is 22.6 Å². The third kappa shape index (κ3) is 6.81. The zero-order valence-corrected chi connectivity index (χ0v) is 20.3. The van der Waals surface area contributed by atoms with Crippen LogP contribution in [0.25, 0.3) is 11.1 Å². The Balaban J connectivity index is 0.00000200. The van der Waals surface area contributed by atoms with Crippen LogP contribution in [0.15, 0.2) is 36.4 Å². The Hall–Kier alpha value is 0.767. The molecule has 0 aliphatic heterocycles. The second-order valence-corrected chi connectivity index (χ2v) is 5.27. The molecule has 2 aromatic carbocycles. The van der Waals surface area contributed by atoms with Crippen molar-refractivity contribution in [2.45, 2.75) is 26.4 Å². The maximum atomic E-state index is 5.88. The van der Waals surface area contributed by atoms with Crippen LogP contribution in [0.1, 0.15) is 20.8 Å². The van der Waals surface area contributed by atoms with Crippen LogP contribution >= 0.6 is 0 Å². The SMILES string of the molecule is COc1ccc(OC(C)(C)C)cc1-c1[c-]ccc[c-]1.[Pr].[Pr]. The Labute approximate surface area is 193 Å². The van der Waals surface area contributed by atoms with E-state index in [-0.39, 0.29) is 88.2 Å². The van der Waals surface area contributed by atoms with Crippen molar-refractivity contribution in [2.75, 3.05) is 7.11 Å². The maximum Gasteiger partial charge on any atom is 0.103 e. The quantitative estimate of drug-likeness (QED) is 0.550. The smallest absolute Gasteiger partial charge is 0.103 e. The van der Waals surface area contributed by atoms with Crippen LogP contribution in [0, 0.1) is 94.7 Å². The molecule has 0 saturated heterocycles. The summed E-state index contributed by atoms with van der Waals surface area (Å²) in [6.45, 7) is 6.08. The Morgan fingerprint density at radius 2 is 1.62 bits per heavy atom. The van der Waals surface area contributed by atoms with Crippen molar-refractivity contribution in [3.8, 4) is 22.6 Å². The largest absolute Gasteiger partial charge is 0.515 e. The second-order valence-electron chi connectivity index (χ2n) is 5.27. The van der Waals surface area contributed by atoms with Gasteiger partial charge in [0.2, 0.25) is 0 Å². The molecule has 106 valence electrons. The second kappa shape index (κ2) is 9.81. The van der Waals surface area contributed by atoms with Crippen LogP contribution in [-0.4, -0.2) is 12.7 Å². The monoisotopic (exact) mass is 536 g/mol. The molecule has 2 nitrogen and oxygen atoms in total. The number of rotatable bonds is 3. The van der Waals surface area contributed by atoms with Gasteiger partial charge in [0.05, 0.1) is 7.11 Å². The summed E-state index contributed by atoms with van der Waals surface area (Å²) >= 11 is 0. The fourth-order valence-corrected chi connectivity index (χ4v) is 1.81. The van der Waals surface area contributed by atoms with E-state index in [2.05, 4.69) is 12.1 Å². The van der Waals surface area contributed by atoms with Crippen LogP contribution in [0.4, 0.5) is 0 Å². The van der Waals surface area contributed by atoms with Crippen molar-refractivity contribution in [3.63, 3.8) is 0 Å². The fraction of sp³-hybridized carbons (Fsp3) is 0.294. The molecule has 2 aromatic rings. The van der Waals surface area contributed by atoms with Gasteiger partial charge < -0.3 is 9.47 Å². The molecule has 2 rings (SSSR count). The van der Waals surface area contributed by atoms with Crippen molar-refractivity contribution >= 4 is 0 Å². The van der Waals surface area contributed by atoms with E-state index in [1.54, 1.807) is 7.11 Å². The Bertz CT molecular complexity index is 548. The summed E-state index contributed by atoms with van der Waals surface area (Å²) in [7, 11) is 1.66. The van der Waals surface area contributed by atoms with E-state index in [4.69, 9.17) is 9.47 Å². The average molecular weight is 536 g/mol. The standard InChI is InChI=1S/C17H18O2.2Pr/c1-17(2,3)19-14-10-11-16(18-4)15(12-14)13-8-6-5-7-9-13;;/h5-7,10-12H,1-4H3;;/q-2;;. The zero-order chi connectivity index (χ0) is 13.9. The topological polar surface area (TPSA) is 18.5 Å². The van der Waals surface area contributed by atoms with Gasteiger partial charge in [-0.15, -0.1) is 5.56 Å². The zero-order valence-electron chi connectivity index (χ0n) is 12.9. The minimum atomic E-state index is -0.226. The predicted octanol–water partition coefficient (Wildman–Crippen LogP) is 4.14. The molecule has 0 aliphatic carbocycles. The van der Waals surface area contributed by atoms with E-state index < -0.39 is 0 Å². The van der Waals surface area contributed by atoms with Gasteiger partial charge in [-0.3, -0.25) is 17.7 Å². The molecule has 0 amide bonds. The van der Waals surface area contributed by atoms with Crippen molar-refractivity contribution in [1.82, 2.24) is 0 Å². The number of hydrogen-bond donors (Lipinski definition) is 0. The number of hydrogen-bond acceptors (Lipinski definition) is 2. The first-order valence-electron chi connectivity index (χ1n) is 6.25. The molecule has 0 N–H and O–H groups in total. The van der Waals surface area contributed by atoms with Crippen LogP contribution in [0.3, 0.4) is 0 Å². The Morgan fingerprint density at radius 1 is 1.00 bits per heavy atom. The number of methoxy groups -OCH3 is 1. The van der Waals surface area contributed by atoms with Gasteiger partial charge in [-0.25, -0.2) is 18.2 Å². The predicted molar refractivity (Wildman–Crippen MR) is 76.5 cm³/mol. The van der Waals surface area contributed by atoms with Gasteiger partial charge in [0.25, 0.3) is 0 Å². The first kappa shape index (κ1) is 21.8. The van der Waals surface area contributed by atoms with Crippen molar-refractivity contribution < 1.29 is 92.1 Å². The third-order valence-electron chi connectivity index (χ3n) is 2.51. The minimum Gasteiger partial charge on any atom is -0.515 e. The summed E-state index contributed by atoms with van der Waals surface area (Å²) in [5, 5.41) is 0. The molecule has 0 unspecified atom stereocenters. The molecular weight excluding hydrogens is 518 g/mol. The van der Waals surface area contributed by atoms with E-state index in [9.17, 15) is 0 Å². The molecule has 0 aromatic heterocycles. The van der Waals surface area contributed by atoms with Crippen molar-refractivity contribution in [3.05, 3.63) is 48.5 Å². The Kier molecular flexibility index (Phi) is 10.2. The van der Waals surface area contributed by atoms with Crippen LogP contribution < -0.4 is 9.47 Å². The summed E-state index contributed by atoms with van der Waals surface area (Å²) in [5.41, 5.74) is 1.58. The first-order chi connectivity index (χ1) is 8.99. The van der Waals surface area contributed by atoms with Gasteiger partial charge in [0, 0.05) is 88.3 Å². The fourth-order valence-electron chi connectivity index (χ4n) is 1.81. The molecule has 0 aliphatic rings. The molecule has 0 atom stereocenters. The van der Waals surface area contributed by atoms with E-state index in [1.807, 2.05) is 57.2 Å².